The summed E-state index contributed by atoms with van der Waals surface area (Å²) in [4.78, 5) is -0.103. The molecule has 0 fully saturated rings. The van der Waals surface area contributed by atoms with E-state index in [0.29, 0.717) is 11.5 Å². The quantitative estimate of drug-likeness (QED) is 0.652. The SMILES string of the molecule is CC(C)c1ccc2cc(C(O)NS(=O)(=O)c3ccccc3Cl)oc2c1. The van der Waals surface area contributed by atoms with Crippen molar-refractivity contribution in [2.75, 3.05) is 0 Å². The summed E-state index contributed by atoms with van der Waals surface area (Å²) >= 11 is 5.93. The van der Waals surface area contributed by atoms with Crippen molar-refractivity contribution in [3.05, 3.63) is 64.9 Å². The first-order valence-corrected chi connectivity index (χ1v) is 9.62. The van der Waals surface area contributed by atoms with Crippen LogP contribution < -0.4 is 4.72 Å². The van der Waals surface area contributed by atoms with Gasteiger partial charge in [-0.3, -0.25) is 0 Å². The lowest BCUT2D eigenvalue weighted by molar-refractivity contribution is 0.141. The van der Waals surface area contributed by atoms with E-state index in [4.69, 9.17) is 16.0 Å². The van der Waals surface area contributed by atoms with Crippen molar-refractivity contribution in [3.8, 4) is 0 Å². The fraction of sp³-hybridized carbons (Fsp3) is 0.222. The van der Waals surface area contributed by atoms with Crippen molar-refractivity contribution >= 4 is 32.6 Å². The van der Waals surface area contributed by atoms with E-state index in [1.165, 1.54) is 12.1 Å². The highest BCUT2D eigenvalue weighted by atomic mass is 35.5. The molecule has 0 bridgehead atoms. The number of hydrogen-bond donors (Lipinski definition) is 2. The Morgan fingerprint density at radius 2 is 1.84 bits per heavy atom. The number of nitrogens with one attached hydrogen (secondary N) is 1. The van der Waals surface area contributed by atoms with E-state index >= 15 is 0 Å². The van der Waals surface area contributed by atoms with Gasteiger partial charge in [0.15, 0.2) is 6.23 Å². The molecule has 0 saturated carbocycles. The number of furan rings is 1. The molecule has 0 aliphatic heterocycles. The van der Waals surface area contributed by atoms with Gasteiger partial charge in [-0.1, -0.05) is 49.7 Å². The van der Waals surface area contributed by atoms with Crippen LogP contribution in [-0.2, 0) is 10.0 Å². The summed E-state index contributed by atoms with van der Waals surface area (Å²) in [5, 5.41) is 11.1. The number of rotatable bonds is 5. The second-order valence-electron chi connectivity index (χ2n) is 6.05. The van der Waals surface area contributed by atoms with E-state index < -0.39 is 16.3 Å². The number of benzene rings is 2. The Kier molecular flexibility index (Phi) is 4.88. The Morgan fingerprint density at radius 1 is 1.12 bits per heavy atom. The molecule has 132 valence electrons. The van der Waals surface area contributed by atoms with Crippen LogP contribution in [0.1, 0.15) is 37.3 Å². The largest absolute Gasteiger partial charge is 0.457 e. The van der Waals surface area contributed by atoms with Crippen LogP contribution in [0.25, 0.3) is 11.0 Å². The van der Waals surface area contributed by atoms with Crippen LogP contribution in [0.15, 0.2) is 57.8 Å². The lowest BCUT2D eigenvalue weighted by Crippen LogP contribution is -2.28. The molecule has 0 amide bonds. The first kappa shape index (κ1) is 17.9. The zero-order chi connectivity index (χ0) is 18.2. The van der Waals surface area contributed by atoms with Gasteiger partial charge in [0.05, 0.1) is 5.02 Å². The summed E-state index contributed by atoms with van der Waals surface area (Å²) in [7, 11) is -3.99. The van der Waals surface area contributed by atoms with Gasteiger partial charge in [-0.25, -0.2) is 8.42 Å². The highest BCUT2D eigenvalue weighted by Gasteiger charge is 2.24. The summed E-state index contributed by atoms with van der Waals surface area (Å²) in [6, 6.07) is 13.4. The van der Waals surface area contributed by atoms with Crippen LogP contribution in [0, 0.1) is 0 Å². The highest BCUT2D eigenvalue weighted by molar-refractivity contribution is 7.89. The topological polar surface area (TPSA) is 79.5 Å². The first-order valence-electron chi connectivity index (χ1n) is 7.76. The van der Waals surface area contributed by atoms with Crippen molar-refractivity contribution in [1.82, 2.24) is 4.72 Å². The fourth-order valence-corrected chi connectivity index (χ4v) is 4.05. The maximum Gasteiger partial charge on any atom is 0.244 e. The van der Waals surface area contributed by atoms with Crippen LogP contribution in [-0.4, -0.2) is 13.5 Å². The van der Waals surface area contributed by atoms with E-state index in [2.05, 4.69) is 18.6 Å². The second kappa shape index (κ2) is 6.80. The molecule has 0 spiro atoms. The number of fused-ring (bicyclic) bond motifs is 1. The Balaban J connectivity index is 1.89. The van der Waals surface area contributed by atoms with Crippen molar-refractivity contribution in [3.63, 3.8) is 0 Å². The van der Waals surface area contributed by atoms with Crippen LogP contribution in [0.2, 0.25) is 5.02 Å². The summed E-state index contributed by atoms with van der Waals surface area (Å²) in [5.41, 5.74) is 1.69. The first-order chi connectivity index (χ1) is 11.8. The molecule has 1 atom stereocenters. The van der Waals surface area contributed by atoms with E-state index in [-0.39, 0.29) is 15.7 Å². The highest BCUT2D eigenvalue weighted by Crippen LogP contribution is 2.28. The molecule has 25 heavy (non-hydrogen) atoms. The zero-order valence-corrected chi connectivity index (χ0v) is 15.3. The molecule has 0 saturated heterocycles. The number of hydrogen-bond acceptors (Lipinski definition) is 4. The minimum atomic E-state index is -3.99. The van der Waals surface area contributed by atoms with Crippen molar-refractivity contribution in [2.45, 2.75) is 30.9 Å². The summed E-state index contributed by atoms with van der Waals surface area (Å²) in [6.45, 7) is 4.13. The van der Waals surface area contributed by atoms with E-state index in [9.17, 15) is 13.5 Å². The lowest BCUT2D eigenvalue weighted by Gasteiger charge is -2.12. The summed E-state index contributed by atoms with van der Waals surface area (Å²) in [5.74, 6) is 0.452. The van der Waals surface area contributed by atoms with Gasteiger partial charge < -0.3 is 9.52 Å². The molecule has 1 unspecified atom stereocenters. The normalized spacial score (nSPS) is 13.5. The third-order valence-electron chi connectivity index (χ3n) is 3.89. The van der Waals surface area contributed by atoms with Gasteiger partial charge in [-0.2, -0.15) is 4.72 Å². The molecule has 5 nitrogen and oxygen atoms in total. The smallest absolute Gasteiger partial charge is 0.244 e. The molecule has 0 aliphatic carbocycles. The predicted molar refractivity (Wildman–Crippen MR) is 97.0 cm³/mol. The van der Waals surface area contributed by atoms with Gasteiger partial charge in [0.2, 0.25) is 10.0 Å². The fourth-order valence-electron chi connectivity index (χ4n) is 2.49. The number of aliphatic hydroxyl groups excluding tert-OH is 1. The Labute approximate surface area is 151 Å². The Bertz CT molecular complexity index is 1010. The van der Waals surface area contributed by atoms with Gasteiger partial charge in [0, 0.05) is 5.39 Å². The molecule has 0 aliphatic rings. The molecular weight excluding hydrogens is 362 g/mol. The van der Waals surface area contributed by atoms with Gasteiger partial charge in [0.1, 0.15) is 16.2 Å². The molecule has 2 N–H and O–H groups in total. The van der Waals surface area contributed by atoms with Gasteiger partial charge in [-0.05, 0) is 35.7 Å². The Morgan fingerprint density at radius 3 is 2.52 bits per heavy atom. The summed E-state index contributed by atoms with van der Waals surface area (Å²) in [6.07, 6.45) is -1.52. The average molecular weight is 380 g/mol. The number of sulfonamides is 1. The molecule has 3 aromatic rings. The maximum atomic E-state index is 12.4. The zero-order valence-electron chi connectivity index (χ0n) is 13.7. The molecule has 2 aromatic carbocycles. The molecule has 0 radical (unpaired) electrons. The van der Waals surface area contributed by atoms with Crippen LogP contribution in [0.5, 0.6) is 0 Å². The van der Waals surface area contributed by atoms with Gasteiger partial charge in [-0.15, -0.1) is 0 Å². The standard InChI is InChI=1S/C18H18ClNO4S/c1-11(2)12-7-8-13-10-16(24-15(13)9-12)18(21)20-25(22,23)17-6-4-3-5-14(17)19/h3-11,18,20-21H,1-2H3. The molecule has 7 heteroatoms. The van der Waals surface area contributed by atoms with Crippen LogP contribution >= 0.6 is 11.6 Å². The van der Waals surface area contributed by atoms with Crippen molar-refractivity contribution in [1.29, 1.82) is 0 Å². The molecular formula is C18H18ClNO4S. The number of halogens is 1. The van der Waals surface area contributed by atoms with Gasteiger partial charge in [0.25, 0.3) is 0 Å². The van der Waals surface area contributed by atoms with E-state index in [1.807, 2.05) is 18.2 Å². The molecule has 1 aromatic heterocycles. The Hall–Kier alpha value is -1.86. The van der Waals surface area contributed by atoms with Crippen LogP contribution in [0.3, 0.4) is 0 Å². The minimum absolute atomic E-state index is 0.0772. The molecule has 1 heterocycles. The van der Waals surface area contributed by atoms with E-state index in [1.54, 1.807) is 18.2 Å². The summed E-state index contributed by atoms with van der Waals surface area (Å²) < 4.78 is 32.6. The maximum absolute atomic E-state index is 12.4. The van der Waals surface area contributed by atoms with Crippen molar-refractivity contribution < 1.29 is 17.9 Å². The number of aliphatic hydroxyl groups is 1. The second-order valence-corrected chi connectivity index (χ2v) is 8.14. The average Bonchev–Trinajstić information content (AvgIpc) is 2.97. The molecule has 3 rings (SSSR count). The predicted octanol–water partition coefficient (Wildman–Crippen LogP) is 4.18. The third-order valence-corrected chi connectivity index (χ3v) is 5.80. The monoisotopic (exact) mass is 379 g/mol. The van der Waals surface area contributed by atoms with Crippen molar-refractivity contribution in [2.24, 2.45) is 0 Å². The van der Waals surface area contributed by atoms with Gasteiger partial charge >= 0.3 is 0 Å². The lowest BCUT2D eigenvalue weighted by atomic mass is 10.0. The minimum Gasteiger partial charge on any atom is -0.457 e. The van der Waals surface area contributed by atoms with E-state index in [0.717, 1.165) is 10.9 Å². The third kappa shape index (κ3) is 3.72. The van der Waals surface area contributed by atoms with Crippen LogP contribution in [0.4, 0.5) is 0 Å².